The van der Waals surface area contributed by atoms with Crippen LogP contribution in [0, 0.1) is 0 Å². The highest BCUT2D eigenvalue weighted by atomic mass is 32.3. The van der Waals surface area contributed by atoms with Crippen molar-refractivity contribution in [2.75, 3.05) is 13.2 Å². The number of rotatable bonds is 5. The van der Waals surface area contributed by atoms with Crippen molar-refractivity contribution in [3.05, 3.63) is 0 Å². The molecule has 0 heterocycles. The summed E-state index contributed by atoms with van der Waals surface area (Å²) in [4.78, 5) is 0. The summed E-state index contributed by atoms with van der Waals surface area (Å²) in [6.45, 7) is -1.45. The summed E-state index contributed by atoms with van der Waals surface area (Å²) in [7, 11) is -4.67. The van der Waals surface area contributed by atoms with Gasteiger partial charge in [-0.1, -0.05) is 0 Å². The Morgan fingerprint density at radius 3 is 1.06 bits per heavy atom. The minimum Gasteiger partial charge on any atom is -0.394 e. The van der Waals surface area contributed by atoms with Crippen LogP contribution in [0.3, 0.4) is 0 Å². The Kier molecular flexibility index (Phi) is 9.69. The first-order valence-corrected chi connectivity index (χ1v) is 5.58. The van der Waals surface area contributed by atoms with E-state index in [1.54, 1.807) is 0 Å². The van der Waals surface area contributed by atoms with E-state index in [4.69, 9.17) is 48.2 Å². The van der Waals surface area contributed by atoms with Crippen molar-refractivity contribution in [1.29, 1.82) is 0 Å². The van der Waals surface area contributed by atoms with Crippen molar-refractivity contribution in [2.24, 2.45) is 0 Å². The Labute approximate surface area is 97.0 Å². The molecule has 0 aromatic heterocycles. The molecule has 106 valence electrons. The Hall–Kier alpha value is -0.370. The average molecular weight is 280 g/mol. The molecule has 0 spiro atoms. The Morgan fingerprint density at radius 1 is 0.765 bits per heavy atom. The van der Waals surface area contributed by atoms with Gasteiger partial charge in [-0.25, -0.2) is 0 Å². The van der Waals surface area contributed by atoms with Crippen LogP contribution in [0.1, 0.15) is 0 Å². The van der Waals surface area contributed by atoms with Gasteiger partial charge < -0.3 is 30.6 Å². The maximum Gasteiger partial charge on any atom is 0.394 e. The van der Waals surface area contributed by atoms with E-state index >= 15 is 0 Å². The van der Waals surface area contributed by atoms with Gasteiger partial charge in [-0.15, -0.1) is 0 Å². The summed E-state index contributed by atoms with van der Waals surface area (Å²) in [6, 6.07) is 0. The van der Waals surface area contributed by atoms with Gasteiger partial charge in [-0.3, -0.25) is 9.11 Å². The molecule has 0 aliphatic heterocycles. The van der Waals surface area contributed by atoms with Crippen LogP contribution in [0.15, 0.2) is 0 Å². The molecule has 11 heteroatoms. The molecular formula is C6H16O10S. The van der Waals surface area contributed by atoms with Gasteiger partial charge >= 0.3 is 10.4 Å². The van der Waals surface area contributed by atoms with E-state index in [1.807, 2.05) is 0 Å². The number of aliphatic hydroxyl groups is 6. The van der Waals surface area contributed by atoms with Gasteiger partial charge in [0.2, 0.25) is 0 Å². The molecule has 0 saturated heterocycles. The van der Waals surface area contributed by atoms with Crippen molar-refractivity contribution in [1.82, 2.24) is 0 Å². The number of aliphatic hydroxyl groups excluding tert-OH is 6. The molecule has 4 atom stereocenters. The molecule has 0 bridgehead atoms. The first kappa shape index (κ1) is 19.0. The lowest BCUT2D eigenvalue weighted by molar-refractivity contribution is -0.123. The zero-order valence-electron chi connectivity index (χ0n) is 8.53. The van der Waals surface area contributed by atoms with Gasteiger partial charge in [0.1, 0.15) is 24.4 Å². The summed E-state index contributed by atoms with van der Waals surface area (Å²) >= 11 is 0. The second kappa shape index (κ2) is 8.68. The van der Waals surface area contributed by atoms with Crippen molar-refractivity contribution in [3.8, 4) is 0 Å². The summed E-state index contributed by atoms with van der Waals surface area (Å²) in [5.41, 5.74) is 0. The van der Waals surface area contributed by atoms with E-state index < -0.39 is 48.0 Å². The standard InChI is InChI=1S/C6H14O6.H2O4S/c7-1-3(9)5(11)6(12)4(10)2-8;1-5(2,3)4/h3-12H,1-2H2;(H2,1,2,3,4). The zero-order valence-corrected chi connectivity index (χ0v) is 9.34. The summed E-state index contributed by atoms with van der Waals surface area (Å²) in [6.07, 6.45) is -6.39. The first-order valence-electron chi connectivity index (χ1n) is 4.18. The number of hydrogen-bond acceptors (Lipinski definition) is 8. The van der Waals surface area contributed by atoms with E-state index in [1.165, 1.54) is 0 Å². The van der Waals surface area contributed by atoms with Gasteiger partial charge in [0.05, 0.1) is 13.2 Å². The van der Waals surface area contributed by atoms with Crippen LogP contribution in [0.2, 0.25) is 0 Å². The van der Waals surface area contributed by atoms with Crippen LogP contribution < -0.4 is 0 Å². The normalized spacial score (nSPS) is 18.6. The Bertz CT molecular complexity index is 255. The summed E-state index contributed by atoms with van der Waals surface area (Å²) < 4.78 is 31.6. The van der Waals surface area contributed by atoms with Crippen molar-refractivity contribution in [3.63, 3.8) is 0 Å². The lowest BCUT2D eigenvalue weighted by Gasteiger charge is -2.24. The van der Waals surface area contributed by atoms with E-state index in [9.17, 15) is 0 Å². The smallest absolute Gasteiger partial charge is 0.394 e. The molecule has 0 radical (unpaired) electrons. The van der Waals surface area contributed by atoms with Crippen LogP contribution in [-0.4, -0.2) is 85.8 Å². The highest BCUT2D eigenvalue weighted by Crippen LogP contribution is 2.03. The molecule has 0 aliphatic rings. The van der Waals surface area contributed by atoms with Crippen molar-refractivity contribution in [2.45, 2.75) is 24.4 Å². The SMILES string of the molecule is O=S(=O)(O)O.OCC(O)C(O)C(O)C(O)CO. The van der Waals surface area contributed by atoms with E-state index in [0.717, 1.165) is 0 Å². The minimum atomic E-state index is -4.67. The van der Waals surface area contributed by atoms with Gasteiger partial charge in [0.25, 0.3) is 0 Å². The van der Waals surface area contributed by atoms with Gasteiger partial charge in [0.15, 0.2) is 0 Å². The Morgan fingerprint density at radius 2 is 0.941 bits per heavy atom. The van der Waals surface area contributed by atoms with Crippen molar-refractivity contribution >= 4 is 10.4 Å². The molecular weight excluding hydrogens is 264 g/mol. The molecule has 0 rings (SSSR count). The van der Waals surface area contributed by atoms with Crippen LogP contribution in [0.5, 0.6) is 0 Å². The predicted molar refractivity (Wildman–Crippen MR) is 52.4 cm³/mol. The molecule has 17 heavy (non-hydrogen) atoms. The third-order valence-electron chi connectivity index (χ3n) is 1.51. The zero-order chi connectivity index (χ0) is 14.2. The molecule has 0 fully saturated rings. The topological polar surface area (TPSA) is 196 Å². The van der Waals surface area contributed by atoms with Crippen LogP contribution in [0.25, 0.3) is 0 Å². The first-order chi connectivity index (χ1) is 7.54. The summed E-state index contributed by atoms with van der Waals surface area (Å²) in [5.74, 6) is 0. The maximum atomic E-state index is 8.96. The fraction of sp³-hybridized carbons (Fsp3) is 1.00. The second-order valence-corrected chi connectivity index (χ2v) is 3.82. The maximum absolute atomic E-state index is 8.96. The minimum absolute atomic E-state index is 0.726. The van der Waals surface area contributed by atoms with Gasteiger partial charge in [0, 0.05) is 0 Å². The monoisotopic (exact) mass is 280 g/mol. The Balaban J connectivity index is 0. The number of hydrogen-bond donors (Lipinski definition) is 8. The largest absolute Gasteiger partial charge is 0.394 e. The van der Waals surface area contributed by atoms with Gasteiger partial charge in [-0.05, 0) is 0 Å². The lowest BCUT2D eigenvalue weighted by atomic mass is 10.0. The van der Waals surface area contributed by atoms with Gasteiger partial charge in [-0.2, -0.15) is 8.42 Å². The molecule has 0 aromatic carbocycles. The fourth-order valence-corrected chi connectivity index (χ4v) is 0.671. The molecule has 0 saturated carbocycles. The van der Waals surface area contributed by atoms with E-state index in [0.29, 0.717) is 0 Å². The van der Waals surface area contributed by atoms with Crippen molar-refractivity contribution < 1.29 is 48.2 Å². The van der Waals surface area contributed by atoms with Crippen LogP contribution in [-0.2, 0) is 10.4 Å². The summed E-state index contributed by atoms with van der Waals surface area (Å²) in [5, 5.41) is 52.2. The molecule has 0 aromatic rings. The van der Waals surface area contributed by atoms with Crippen LogP contribution >= 0.6 is 0 Å². The lowest BCUT2D eigenvalue weighted by Crippen LogP contribution is -2.46. The third kappa shape index (κ3) is 11.9. The third-order valence-corrected chi connectivity index (χ3v) is 1.51. The second-order valence-electron chi connectivity index (χ2n) is 2.93. The highest BCUT2D eigenvalue weighted by Gasteiger charge is 2.29. The molecule has 0 aliphatic carbocycles. The molecule has 0 amide bonds. The van der Waals surface area contributed by atoms with E-state index in [-0.39, 0.29) is 0 Å². The fourth-order valence-electron chi connectivity index (χ4n) is 0.671. The highest BCUT2D eigenvalue weighted by molar-refractivity contribution is 7.79. The quantitative estimate of drug-likeness (QED) is 0.228. The van der Waals surface area contributed by atoms with E-state index in [2.05, 4.69) is 0 Å². The molecule has 10 nitrogen and oxygen atoms in total. The average Bonchev–Trinajstić information content (AvgIpc) is 2.22. The predicted octanol–water partition coefficient (Wildman–Crippen LogP) is -4.24. The molecule has 8 N–H and O–H groups in total. The van der Waals surface area contributed by atoms with Crippen LogP contribution in [0.4, 0.5) is 0 Å². The molecule has 4 unspecified atom stereocenters.